The zero-order valence-corrected chi connectivity index (χ0v) is 8.69. The number of H-pyrrole nitrogens is 1. The number of hydrogen-bond acceptors (Lipinski definition) is 3. The molecule has 0 bridgehead atoms. The van der Waals surface area contributed by atoms with E-state index in [2.05, 4.69) is 9.97 Å². The molecule has 5 heteroatoms. The smallest absolute Gasteiger partial charge is 0.167 e. The fourth-order valence-corrected chi connectivity index (χ4v) is 1.85. The number of aromatic amines is 1. The van der Waals surface area contributed by atoms with Crippen LogP contribution in [0.1, 0.15) is 0 Å². The Labute approximate surface area is 90.1 Å². The van der Waals surface area contributed by atoms with Crippen molar-refractivity contribution in [3.8, 4) is 6.07 Å². The molecule has 0 aliphatic rings. The van der Waals surface area contributed by atoms with Gasteiger partial charge in [-0.1, -0.05) is 23.4 Å². The SMILES string of the molecule is N#CCSc1nc2ccc(Cl)cc2[nH]1. The second kappa shape index (κ2) is 3.91. The normalized spacial score (nSPS) is 10.3. The first-order chi connectivity index (χ1) is 6.79. The van der Waals surface area contributed by atoms with Crippen molar-refractivity contribution in [2.45, 2.75) is 5.16 Å². The van der Waals surface area contributed by atoms with Crippen LogP contribution in [0.25, 0.3) is 11.0 Å². The maximum absolute atomic E-state index is 8.41. The fraction of sp³-hybridized carbons (Fsp3) is 0.111. The molecule has 0 spiro atoms. The third kappa shape index (κ3) is 1.84. The van der Waals surface area contributed by atoms with E-state index in [4.69, 9.17) is 16.9 Å². The molecular weight excluding hydrogens is 218 g/mol. The third-order valence-electron chi connectivity index (χ3n) is 1.70. The summed E-state index contributed by atoms with van der Waals surface area (Å²) in [6.45, 7) is 0. The lowest BCUT2D eigenvalue weighted by Gasteiger charge is -1.87. The highest BCUT2D eigenvalue weighted by atomic mass is 35.5. The molecule has 0 amide bonds. The summed E-state index contributed by atoms with van der Waals surface area (Å²) in [5.41, 5.74) is 1.77. The van der Waals surface area contributed by atoms with Gasteiger partial charge >= 0.3 is 0 Å². The minimum atomic E-state index is 0.396. The lowest BCUT2D eigenvalue weighted by molar-refractivity contribution is 1.08. The van der Waals surface area contributed by atoms with E-state index >= 15 is 0 Å². The maximum Gasteiger partial charge on any atom is 0.167 e. The molecule has 1 N–H and O–H groups in total. The van der Waals surface area contributed by atoms with Crippen molar-refractivity contribution in [2.24, 2.45) is 0 Å². The Kier molecular flexibility index (Phi) is 2.62. The molecule has 0 unspecified atom stereocenters. The van der Waals surface area contributed by atoms with Crippen LogP contribution < -0.4 is 0 Å². The van der Waals surface area contributed by atoms with Crippen molar-refractivity contribution in [3.63, 3.8) is 0 Å². The lowest BCUT2D eigenvalue weighted by Crippen LogP contribution is -1.75. The van der Waals surface area contributed by atoms with Crippen LogP contribution in [0.2, 0.25) is 5.02 Å². The van der Waals surface area contributed by atoms with Crippen molar-refractivity contribution in [3.05, 3.63) is 23.2 Å². The van der Waals surface area contributed by atoms with Gasteiger partial charge in [0, 0.05) is 5.02 Å². The van der Waals surface area contributed by atoms with Gasteiger partial charge in [0.15, 0.2) is 5.16 Å². The molecule has 1 heterocycles. The zero-order valence-electron chi connectivity index (χ0n) is 7.12. The predicted molar refractivity (Wildman–Crippen MR) is 57.4 cm³/mol. The number of thioether (sulfide) groups is 1. The van der Waals surface area contributed by atoms with E-state index in [9.17, 15) is 0 Å². The van der Waals surface area contributed by atoms with E-state index in [-0.39, 0.29) is 0 Å². The second-order valence-corrected chi connectivity index (χ2v) is 4.05. The van der Waals surface area contributed by atoms with Gasteiger partial charge in [0.25, 0.3) is 0 Å². The Morgan fingerprint density at radius 2 is 2.43 bits per heavy atom. The number of nitrogens with zero attached hydrogens (tertiary/aromatic N) is 2. The van der Waals surface area contributed by atoms with Crippen molar-refractivity contribution < 1.29 is 0 Å². The van der Waals surface area contributed by atoms with Crippen LogP contribution in [0.4, 0.5) is 0 Å². The van der Waals surface area contributed by atoms with Crippen LogP contribution in [0.5, 0.6) is 0 Å². The first-order valence-electron chi connectivity index (χ1n) is 3.94. The summed E-state index contributed by atoms with van der Waals surface area (Å²) in [6.07, 6.45) is 0. The summed E-state index contributed by atoms with van der Waals surface area (Å²) < 4.78 is 0. The quantitative estimate of drug-likeness (QED) is 0.797. The van der Waals surface area contributed by atoms with Gasteiger partial charge in [-0.25, -0.2) is 4.98 Å². The van der Waals surface area contributed by atoms with Crippen molar-refractivity contribution in [2.75, 3.05) is 5.75 Å². The van der Waals surface area contributed by atoms with Crippen LogP contribution in [0.15, 0.2) is 23.4 Å². The molecule has 2 rings (SSSR count). The number of aromatic nitrogens is 2. The van der Waals surface area contributed by atoms with E-state index in [1.54, 1.807) is 6.07 Å². The van der Waals surface area contributed by atoms with Crippen molar-refractivity contribution >= 4 is 34.4 Å². The van der Waals surface area contributed by atoms with E-state index in [1.807, 2.05) is 18.2 Å². The average Bonchev–Trinajstić information content (AvgIpc) is 2.56. The summed E-state index contributed by atoms with van der Waals surface area (Å²) in [7, 11) is 0. The Hall–Kier alpha value is -1.18. The van der Waals surface area contributed by atoms with Crippen molar-refractivity contribution in [1.29, 1.82) is 5.26 Å². The van der Waals surface area contributed by atoms with E-state index < -0.39 is 0 Å². The number of benzene rings is 1. The van der Waals surface area contributed by atoms with Crippen molar-refractivity contribution in [1.82, 2.24) is 9.97 Å². The van der Waals surface area contributed by atoms with Crippen LogP contribution in [-0.4, -0.2) is 15.7 Å². The molecule has 1 aromatic carbocycles. The minimum Gasteiger partial charge on any atom is -0.333 e. The summed E-state index contributed by atoms with van der Waals surface area (Å²) in [6, 6.07) is 7.52. The number of fused-ring (bicyclic) bond motifs is 1. The first-order valence-corrected chi connectivity index (χ1v) is 5.31. The maximum atomic E-state index is 8.41. The van der Waals surface area contributed by atoms with Gasteiger partial charge < -0.3 is 4.98 Å². The Balaban J connectivity index is 2.37. The van der Waals surface area contributed by atoms with E-state index in [0.717, 1.165) is 16.2 Å². The molecule has 3 nitrogen and oxygen atoms in total. The lowest BCUT2D eigenvalue weighted by atomic mass is 10.3. The van der Waals surface area contributed by atoms with Gasteiger partial charge in [-0.3, -0.25) is 0 Å². The Morgan fingerprint density at radius 1 is 1.57 bits per heavy atom. The van der Waals surface area contributed by atoms with Crippen LogP contribution >= 0.6 is 23.4 Å². The number of halogens is 1. The number of nitriles is 1. The monoisotopic (exact) mass is 223 g/mol. The summed E-state index contributed by atoms with van der Waals surface area (Å²) in [5.74, 6) is 0.396. The molecule has 0 aliphatic heterocycles. The van der Waals surface area contributed by atoms with Gasteiger partial charge in [0.05, 0.1) is 22.9 Å². The third-order valence-corrected chi connectivity index (χ3v) is 2.67. The number of rotatable bonds is 2. The number of nitrogens with one attached hydrogen (secondary N) is 1. The number of hydrogen-bond donors (Lipinski definition) is 1. The molecule has 0 fully saturated rings. The molecule has 0 aliphatic carbocycles. The molecule has 0 radical (unpaired) electrons. The highest BCUT2D eigenvalue weighted by Crippen LogP contribution is 2.21. The Bertz CT molecular complexity index is 500. The van der Waals surface area contributed by atoms with Crippen LogP contribution in [0.3, 0.4) is 0 Å². The highest BCUT2D eigenvalue weighted by molar-refractivity contribution is 7.99. The second-order valence-electron chi connectivity index (χ2n) is 2.65. The molecule has 0 saturated heterocycles. The standard InChI is InChI=1S/C9H6ClN3S/c10-6-1-2-7-8(5-6)13-9(12-7)14-4-3-11/h1-2,5H,4H2,(H,12,13). The zero-order chi connectivity index (χ0) is 9.97. The molecule has 14 heavy (non-hydrogen) atoms. The van der Waals surface area contributed by atoms with Gasteiger partial charge in [-0.2, -0.15) is 5.26 Å². The van der Waals surface area contributed by atoms with E-state index in [0.29, 0.717) is 10.8 Å². The fourth-order valence-electron chi connectivity index (χ4n) is 1.13. The highest BCUT2D eigenvalue weighted by Gasteiger charge is 2.02. The van der Waals surface area contributed by atoms with Gasteiger partial charge in [-0.05, 0) is 18.2 Å². The molecule has 0 saturated carbocycles. The molecule has 0 atom stereocenters. The molecule has 2 aromatic rings. The van der Waals surface area contributed by atoms with Crippen LogP contribution in [-0.2, 0) is 0 Å². The first kappa shape index (κ1) is 9.38. The van der Waals surface area contributed by atoms with Gasteiger partial charge in [0.1, 0.15) is 0 Å². The molecule has 1 aromatic heterocycles. The summed E-state index contributed by atoms with van der Waals surface area (Å²) in [4.78, 5) is 7.38. The largest absolute Gasteiger partial charge is 0.333 e. The predicted octanol–water partition coefficient (Wildman–Crippen LogP) is 2.83. The number of imidazole rings is 1. The summed E-state index contributed by atoms with van der Waals surface area (Å²) in [5, 5.41) is 9.85. The van der Waals surface area contributed by atoms with Gasteiger partial charge in [-0.15, -0.1) is 0 Å². The minimum absolute atomic E-state index is 0.396. The van der Waals surface area contributed by atoms with Gasteiger partial charge in [0.2, 0.25) is 0 Å². The molecular formula is C9H6ClN3S. The topological polar surface area (TPSA) is 52.5 Å². The molecule has 70 valence electrons. The van der Waals surface area contributed by atoms with E-state index in [1.165, 1.54) is 11.8 Å². The Morgan fingerprint density at radius 3 is 3.21 bits per heavy atom. The van der Waals surface area contributed by atoms with Crippen LogP contribution in [0, 0.1) is 11.3 Å². The average molecular weight is 224 g/mol. The summed E-state index contributed by atoms with van der Waals surface area (Å²) >= 11 is 7.21.